The van der Waals surface area contributed by atoms with Gasteiger partial charge in [0.25, 0.3) is 5.91 Å². The summed E-state index contributed by atoms with van der Waals surface area (Å²) >= 11 is 0. The lowest BCUT2D eigenvalue weighted by Crippen LogP contribution is -2.47. The minimum atomic E-state index is -0.444. The Kier molecular flexibility index (Phi) is 4.65. The molecule has 6 nitrogen and oxygen atoms in total. The van der Waals surface area contributed by atoms with E-state index in [4.69, 9.17) is 9.47 Å². The van der Waals surface area contributed by atoms with E-state index in [1.54, 1.807) is 6.20 Å². The zero-order valence-electron chi connectivity index (χ0n) is 14.9. The summed E-state index contributed by atoms with van der Waals surface area (Å²) in [6.45, 7) is 7.03. The fourth-order valence-corrected chi connectivity index (χ4v) is 4.16. The number of carbonyl (C=O) groups is 1. The first-order valence-electron chi connectivity index (χ1n) is 9.42. The highest BCUT2D eigenvalue weighted by Gasteiger charge is 2.40. The molecule has 1 atom stereocenters. The van der Waals surface area contributed by atoms with Crippen molar-refractivity contribution in [2.24, 2.45) is 5.92 Å². The fraction of sp³-hybridized carbons (Fsp3) is 0.684. The molecule has 0 saturated carbocycles. The van der Waals surface area contributed by atoms with E-state index in [-0.39, 0.29) is 5.91 Å². The van der Waals surface area contributed by atoms with Crippen LogP contribution >= 0.6 is 0 Å². The van der Waals surface area contributed by atoms with E-state index < -0.39 is 5.79 Å². The average Bonchev–Trinajstić information content (AvgIpc) is 3.10. The molecule has 4 rings (SSSR count). The summed E-state index contributed by atoms with van der Waals surface area (Å²) in [4.78, 5) is 21.5. The third kappa shape index (κ3) is 3.51. The van der Waals surface area contributed by atoms with Crippen molar-refractivity contribution in [2.45, 2.75) is 38.4 Å². The minimum absolute atomic E-state index is 0.0623. The van der Waals surface area contributed by atoms with Gasteiger partial charge in [-0.1, -0.05) is 6.92 Å². The number of anilines is 1. The Bertz CT molecular complexity index is 620. The zero-order valence-corrected chi connectivity index (χ0v) is 14.9. The summed E-state index contributed by atoms with van der Waals surface area (Å²) in [6, 6.07) is 2.00. The van der Waals surface area contributed by atoms with Crippen molar-refractivity contribution in [3.63, 3.8) is 0 Å². The van der Waals surface area contributed by atoms with Crippen molar-refractivity contribution in [3.8, 4) is 0 Å². The molecule has 1 amide bonds. The molecule has 4 heterocycles. The van der Waals surface area contributed by atoms with E-state index >= 15 is 0 Å². The van der Waals surface area contributed by atoms with Crippen LogP contribution in [0.25, 0.3) is 0 Å². The molecule has 0 aromatic carbocycles. The minimum Gasteiger partial charge on any atom is -0.370 e. The summed E-state index contributed by atoms with van der Waals surface area (Å²) in [5, 5.41) is 0. The first-order chi connectivity index (χ1) is 12.2. The molecule has 1 unspecified atom stereocenters. The molecule has 136 valence electrons. The highest BCUT2D eigenvalue weighted by atomic mass is 16.7. The van der Waals surface area contributed by atoms with Crippen LogP contribution in [0.15, 0.2) is 18.5 Å². The van der Waals surface area contributed by atoms with E-state index in [0.717, 1.165) is 31.6 Å². The number of pyridine rings is 1. The van der Waals surface area contributed by atoms with Gasteiger partial charge in [0.2, 0.25) is 0 Å². The highest BCUT2D eigenvalue weighted by Crippen LogP contribution is 2.32. The van der Waals surface area contributed by atoms with Crippen LogP contribution in [0.5, 0.6) is 0 Å². The second-order valence-electron chi connectivity index (χ2n) is 7.53. The summed E-state index contributed by atoms with van der Waals surface area (Å²) in [5.74, 6) is 0.311. The van der Waals surface area contributed by atoms with Gasteiger partial charge >= 0.3 is 0 Å². The molecule has 0 N–H and O–H groups in total. The van der Waals surface area contributed by atoms with E-state index in [2.05, 4.69) is 16.8 Å². The molecule has 3 aliphatic heterocycles. The molecule has 3 fully saturated rings. The third-order valence-electron chi connectivity index (χ3n) is 5.62. The topological polar surface area (TPSA) is 54.9 Å². The molecule has 0 bridgehead atoms. The third-order valence-corrected chi connectivity index (χ3v) is 5.62. The Morgan fingerprint density at radius 2 is 1.96 bits per heavy atom. The van der Waals surface area contributed by atoms with Crippen molar-refractivity contribution in [2.75, 3.05) is 44.3 Å². The van der Waals surface area contributed by atoms with Gasteiger partial charge in [0.15, 0.2) is 5.79 Å². The lowest BCUT2D eigenvalue weighted by Gasteiger charge is -2.37. The van der Waals surface area contributed by atoms with E-state index in [1.807, 2.05) is 17.2 Å². The number of hydrogen-bond donors (Lipinski definition) is 0. The number of piperidine rings is 2. The number of rotatable bonds is 2. The SMILES string of the molecule is CC1CCCN(c2cncc(C(=O)N3CCC4(CC3)OCCO4)c2)C1. The monoisotopic (exact) mass is 345 g/mol. The van der Waals surface area contributed by atoms with Crippen molar-refractivity contribution in [3.05, 3.63) is 24.0 Å². The predicted molar refractivity (Wildman–Crippen MR) is 94.6 cm³/mol. The summed E-state index contributed by atoms with van der Waals surface area (Å²) in [6.07, 6.45) is 7.53. The van der Waals surface area contributed by atoms with E-state index in [1.165, 1.54) is 12.8 Å². The van der Waals surface area contributed by atoms with Crippen LogP contribution in [0.3, 0.4) is 0 Å². The molecule has 1 spiro atoms. The van der Waals surface area contributed by atoms with Crippen LogP contribution in [-0.4, -0.2) is 61.0 Å². The van der Waals surface area contributed by atoms with Gasteiger partial charge < -0.3 is 19.3 Å². The maximum Gasteiger partial charge on any atom is 0.255 e. The molecule has 25 heavy (non-hydrogen) atoms. The van der Waals surface area contributed by atoms with Crippen molar-refractivity contribution in [1.82, 2.24) is 9.88 Å². The normalized spacial score (nSPS) is 26.2. The van der Waals surface area contributed by atoms with Gasteiger partial charge in [0.05, 0.1) is 30.7 Å². The quantitative estimate of drug-likeness (QED) is 0.823. The van der Waals surface area contributed by atoms with Crippen LogP contribution in [0, 0.1) is 5.92 Å². The highest BCUT2D eigenvalue weighted by molar-refractivity contribution is 5.94. The lowest BCUT2D eigenvalue weighted by atomic mass is 9.99. The van der Waals surface area contributed by atoms with Crippen molar-refractivity contribution in [1.29, 1.82) is 0 Å². The molecule has 0 radical (unpaired) electrons. The smallest absolute Gasteiger partial charge is 0.255 e. The molecule has 3 saturated heterocycles. The number of carbonyl (C=O) groups excluding carboxylic acids is 1. The van der Waals surface area contributed by atoms with Crippen LogP contribution in [0.1, 0.15) is 43.0 Å². The van der Waals surface area contributed by atoms with Gasteiger partial charge in [-0.05, 0) is 24.8 Å². The van der Waals surface area contributed by atoms with Gasteiger partial charge in [-0.15, -0.1) is 0 Å². The predicted octanol–water partition coefficient (Wildman–Crippen LogP) is 2.30. The molecule has 1 aromatic heterocycles. The molecular weight excluding hydrogens is 318 g/mol. The first-order valence-corrected chi connectivity index (χ1v) is 9.42. The summed E-state index contributed by atoms with van der Waals surface area (Å²) in [7, 11) is 0. The molecule has 1 aromatic rings. The Balaban J connectivity index is 1.43. The summed E-state index contributed by atoms with van der Waals surface area (Å²) < 4.78 is 11.5. The van der Waals surface area contributed by atoms with E-state index in [9.17, 15) is 4.79 Å². The van der Waals surface area contributed by atoms with Gasteiger partial charge in [-0.25, -0.2) is 0 Å². The standard InChI is InChI=1S/C19H27N3O3/c1-15-3-2-6-22(14-15)17-11-16(12-20-13-17)18(23)21-7-4-19(5-8-21)24-9-10-25-19/h11-13,15H,2-10,14H2,1H3. The van der Waals surface area contributed by atoms with Gasteiger partial charge in [0, 0.05) is 45.2 Å². The average molecular weight is 345 g/mol. The second kappa shape index (κ2) is 6.92. The first kappa shape index (κ1) is 16.8. The van der Waals surface area contributed by atoms with Crippen LogP contribution < -0.4 is 4.90 Å². The molecule has 6 heteroatoms. The number of likely N-dealkylation sites (tertiary alicyclic amines) is 1. The number of ether oxygens (including phenoxy) is 2. The van der Waals surface area contributed by atoms with Crippen LogP contribution in [-0.2, 0) is 9.47 Å². The lowest BCUT2D eigenvalue weighted by molar-refractivity contribution is -0.181. The number of nitrogens with zero attached hydrogens (tertiary/aromatic N) is 3. The molecular formula is C19H27N3O3. The van der Waals surface area contributed by atoms with Gasteiger partial charge in [0.1, 0.15) is 0 Å². The number of aromatic nitrogens is 1. The van der Waals surface area contributed by atoms with Crippen LogP contribution in [0.4, 0.5) is 5.69 Å². The van der Waals surface area contributed by atoms with E-state index in [0.29, 0.717) is 37.8 Å². The Labute approximate surface area is 149 Å². The van der Waals surface area contributed by atoms with Crippen molar-refractivity contribution >= 4 is 11.6 Å². The van der Waals surface area contributed by atoms with Crippen LogP contribution in [0.2, 0.25) is 0 Å². The van der Waals surface area contributed by atoms with Crippen molar-refractivity contribution < 1.29 is 14.3 Å². The number of hydrogen-bond acceptors (Lipinski definition) is 5. The van der Waals surface area contributed by atoms with Gasteiger partial charge in [-0.2, -0.15) is 0 Å². The summed E-state index contributed by atoms with van der Waals surface area (Å²) in [5.41, 5.74) is 1.74. The molecule has 3 aliphatic rings. The maximum atomic E-state index is 12.9. The largest absolute Gasteiger partial charge is 0.370 e. The Morgan fingerprint density at radius 1 is 1.20 bits per heavy atom. The fourth-order valence-electron chi connectivity index (χ4n) is 4.16. The number of amides is 1. The molecule has 0 aliphatic carbocycles. The zero-order chi connectivity index (χ0) is 17.3. The van der Waals surface area contributed by atoms with Gasteiger partial charge in [-0.3, -0.25) is 9.78 Å². The maximum absolute atomic E-state index is 12.9. The Hall–Kier alpha value is -1.66. The Morgan fingerprint density at radius 3 is 2.68 bits per heavy atom. The second-order valence-corrected chi connectivity index (χ2v) is 7.53.